The first-order valence-corrected chi connectivity index (χ1v) is 15.9. The van der Waals surface area contributed by atoms with Crippen LogP contribution in [0.15, 0.2) is 146 Å². The third-order valence-electron chi connectivity index (χ3n) is 5.03. The van der Waals surface area contributed by atoms with E-state index in [0.717, 1.165) is 34.2 Å². The van der Waals surface area contributed by atoms with Gasteiger partial charge < -0.3 is 9.11 Å². The number of hydrogen-bond donors (Lipinski definition) is 0. The topological polar surface area (TPSA) is 192 Å². The summed E-state index contributed by atoms with van der Waals surface area (Å²) in [5.74, 6) is 0. The van der Waals surface area contributed by atoms with Crippen LogP contribution in [0.25, 0.3) is 34.2 Å². The molecule has 0 saturated heterocycles. The number of nitrogens with zero attached hydrogens (tertiary/aromatic N) is 6. The smallest absolute Gasteiger partial charge is 0.736 e. The molecular formula is C30H24N6O6RuS2. The Hall–Kier alpha value is -4.66. The Balaban J connectivity index is 0.000000210. The molecule has 45 heavy (non-hydrogen) atoms. The van der Waals surface area contributed by atoms with E-state index in [1.165, 1.54) is 0 Å². The van der Waals surface area contributed by atoms with Crippen molar-refractivity contribution in [1.29, 1.82) is 0 Å². The molecule has 6 rings (SSSR count). The number of hydrogen-bond acceptors (Lipinski definition) is 12. The number of rotatable bonds is 4. The second-order valence-corrected chi connectivity index (χ2v) is 12.2. The van der Waals surface area contributed by atoms with Crippen molar-refractivity contribution in [3.63, 3.8) is 0 Å². The van der Waals surface area contributed by atoms with Crippen LogP contribution in [-0.4, -0.2) is 55.8 Å². The molecule has 12 nitrogen and oxygen atoms in total. The molecule has 0 saturated carbocycles. The molecule has 0 fully saturated rings. The van der Waals surface area contributed by atoms with Crippen molar-refractivity contribution in [2.45, 2.75) is 0 Å². The van der Waals surface area contributed by atoms with Gasteiger partial charge in [-0.25, -0.2) is 16.8 Å². The van der Waals surface area contributed by atoms with Crippen molar-refractivity contribution in [2.24, 2.45) is 0 Å². The normalized spacial score (nSPS) is 10.2. The predicted octanol–water partition coefficient (Wildman–Crippen LogP) is 4.42. The van der Waals surface area contributed by atoms with Gasteiger partial charge >= 0.3 is 19.5 Å². The van der Waals surface area contributed by atoms with E-state index in [4.69, 9.17) is 0 Å². The zero-order chi connectivity index (χ0) is 31.7. The average Bonchev–Trinajstić information content (AvgIpc) is 3.07. The van der Waals surface area contributed by atoms with Crippen molar-refractivity contribution in [3.8, 4) is 34.2 Å². The molecule has 0 aliphatic heterocycles. The first kappa shape index (κ1) is 36.5. The van der Waals surface area contributed by atoms with Crippen LogP contribution >= 0.6 is 0 Å². The van der Waals surface area contributed by atoms with Crippen LogP contribution in [0.3, 0.4) is 0 Å². The Morgan fingerprint density at radius 2 is 0.489 bits per heavy atom. The maximum Gasteiger partial charge on any atom is 2.00 e. The summed E-state index contributed by atoms with van der Waals surface area (Å²) in [6, 6.07) is 34.8. The largest absolute Gasteiger partial charge is 2.00 e. The van der Waals surface area contributed by atoms with Crippen LogP contribution in [-0.2, 0) is 37.8 Å². The molecule has 0 N–H and O–H groups in total. The quantitative estimate of drug-likeness (QED) is 0.141. The fourth-order valence-corrected chi connectivity index (χ4v) is 3.09. The summed E-state index contributed by atoms with van der Waals surface area (Å²) in [5.41, 5.74) is 5.49. The zero-order valence-electron chi connectivity index (χ0n) is 23.2. The van der Waals surface area contributed by atoms with Gasteiger partial charge in [-0.05, 0) is 72.8 Å². The monoisotopic (exact) mass is 730 g/mol. The third-order valence-corrected chi connectivity index (χ3v) is 7.03. The molecule has 0 unspecified atom stereocenters. The molecule has 0 radical (unpaired) electrons. The Kier molecular flexibility index (Phi) is 15.3. The molecule has 15 heteroatoms. The minimum Gasteiger partial charge on any atom is -0.736 e. The van der Waals surface area contributed by atoms with Crippen molar-refractivity contribution >= 4 is 18.3 Å². The van der Waals surface area contributed by atoms with Gasteiger partial charge in [0, 0.05) is 37.2 Å². The summed E-state index contributed by atoms with van der Waals surface area (Å²) in [6.45, 7) is 0. The van der Waals surface area contributed by atoms with Crippen molar-refractivity contribution < 1.29 is 45.4 Å². The Morgan fingerprint density at radius 1 is 0.333 bits per heavy atom. The van der Waals surface area contributed by atoms with E-state index in [0.29, 0.717) is 0 Å². The van der Waals surface area contributed by atoms with E-state index in [9.17, 15) is 25.9 Å². The van der Waals surface area contributed by atoms with Gasteiger partial charge in [0.2, 0.25) is 0 Å². The van der Waals surface area contributed by atoms with Gasteiger partial charge in [0.25, 0.3) is 0 Å². The number of aromatic nitrogens is 6. The summed E-state index contributed by atoms with van der Waals surface area (Å²) in [7, 11) is -11.3. The molecule has 0 aromatic carbocycles. The SMILES string of the molecule is O=S(=O)([O-])S(=O)(=O)[O-].[Ru+2].c1ccc(-c2ccccn2)nc1.c1ccc(-c2ccccn2)nc1.c1ccc(-c2ccccn2)nc1. The van der Waals surface area contributed by atoms with Gasteiger partial charge in [0.05, 0.1) is 34.2 Å². The fraction of sp³-hybridized carbons (Fsp3) is 0. The molecule has 0 aliphatic rings. The Morgan fingerprint density at radius 3 is 0.578 bits per heavy atom. The molecule has 0 spiro atoms. The molecule has 0 bridgehead atoms. The molecule has 230 valence electrons. The van der Waals surface area contributed by atoms with Gasteiger partial charge in [-0.3, -0.25) is 29.9 Å². The maximum absolute atomic E-state index is 9.20. The summed E-state index contributed by atoms with van der Waals surface area (Å²) in [4.78, 5) is 25.1. The Labute approximate surface area is 273 Å². The average molecular weight is 730 g/mol. The summed E-state index contributed by atoms with van der Waals surface area (Å²) < 4.78 is 55.2. The maximum atomic E-state index is 9.20. The van der Waals surface area contributed by atoms with Crippen LogP contribution in [0.1, 0.15) is 0 Å². The minimum absolute atomic E-state index is 0. The molecule has 0 amide bonds. The van der Waals surface area contributed by atoms with Gasteiger partial charge in [-0.15, -0.1) is 0 Å². The van der Waals surface area contributed by atoms with E-state index >= 15 is 0 Å². The van der Waals surface area contributed by atoms with E-state index in [1.807, 2.05) is 109 Å². The van der Waals surface area contributed by atoms with Gasteiger partial charge in [-0.2, -0.15) is 0 Å². The van der Waals surface area contributed by atoms with Crippen LogP contribution in [0, 0.1) is 0 Å². The number of pyridine rings is 6. The molecule has 0 aliphatic carbocycles. The van der Waals surface area contributed by atoms with Gasteiger partial charge in [-0.1, -0.05) is 36.4 Å². The fourth-order valence-electron chi connectivity index (χ4n) is 3.09. The second-order valence-electron chi connectivity index (χ2n) is 8.11. The second kappa shape index (κ2) is 18.9. The van der Waals surface area contributed by atoms with Gasteiger partial charge in [0.1, 0.15) is 0 Å². The van der Waals surface area contributed by atoms with Crippen LogP contribution in [0.5, 0.6) is 0 Å². The van der Waals surface area contributed by atoms with E-state index in [1.54, 1.807) is 37.2 Å². The first-order chi connectivity index (χ1) is 21.1. The van der Waals surface area contributed by atoms with E-state index in [2.05, 4.69) is 29.9 Å². The molecule has 6 aromatic heterocycles. The molecule has 6 heterocycles. The van der Waals surface area contributed by atoms with Crippen LogP contribution in [0.4, 0.5) is 0 Å². The van der Waals surface area contributed by atoms with E-state index < -0.39 is 18.3 Å². The molecule has 0 atom stereocenters. The van der Waals surface area contributed by atoms with Crippen molar-refractivity contribution in [1.82, 2.24) is 29.9 Å². The summed E-state index contributed by atoms with van der Waals surface area (Å²) in [5, 5.41) is 0. The zero-order valence-corrected chi connectivity index (χ0v) is 26.5. The predicted molar refractivity (Wildman–Crippen MR) is 162 cm³/mol. The van der Waals surface area contributed by atoms with Crippen LogP contribution < -0.4 is 0 Å². The summed E-state index contributed by atoms with van der Waals surface area (Å²) >= 11 is 0. The van der Waals surface area contributed by atoms with Crippen molar-refractivity contribution in [2.75, 3.05) is 0 Å². The van der Waals surface area contributed by atoms with Crippen LogP contribution in [0.2, 0.25) is 0 Å². The van der Waals surface area contributed by atoms with E-state index in [-0.39, 0.29) is 19.5 Å². The van der Waals surface area contributed by atoms with Crippen molar-refractivity contribution in [3.05, 3.63) is 146 Å². The molecule has 6 aromatic rings. The Bertz CT molecular complexity index is 1560. The van der Waals surface area contributed by atoms with Gasteiger partial charge in [0.15, 0.2) is 18.3 Å². The third kappa shape index (κ3) is 13.3. The first-order valence-electron chi connectivity index (χ1n) is 12.5. The summed E-state index contributed by atoms with van der Waals surface area (Å²) in [6.07, 6.45) is 10.6. The standard InChI is InChI=1S/3C10H8N2.H2O6S2.Ru/c3*1-3-7-11-9(5-1)10-6-2-4-8-12-10;1-7(2,3)8(4,5)6;/h3*1-8H;(H,1,2,3)(H,4,5,6);/q;;;;+2/p-2. The minimum atomic E-state index is -5.67. The molecular weight excluding hydrogens is 706 g/mol.